The molecular formula is C18H17BrN2O3S. The van der Waals surface area contributed by atoms with E-state index >= 15 is 0 Å². The van der Waals surface area contributed by atoms with Gasteiger partial charge < -0.3 is 4.74 Å². The molecule has 3 aromatic rings. The van der Waals surface area contributed by atoms with E-state index < -0.39 is 5.97 Å². The zero-order chi connectivity index (χ0) is 18.0. The number of carbonyl (C=O) groups excluding carboxylic acids is 1. The van der Waals surface area contributed by atoms with Crippen molar-refractivity contribution in [2.45, 2.75) is 26.8 Å². The summed E-state index contributed by atoms with van der Waals surface area (Å²) in [6, 6.07) is 7.81. The Bertz CT molecular complexity index is 976. The number of benzene rings is 1. The van der Waals surface area contributed by atoms with Crippen molar-refractivity contribution in [2.24, 2.45) is 0 Å². The third kappa shape index (κ3) is 3.67. The van der Waals surface area contributed by atoms with Gasteiger partial charge in [-0.3, -0.25) is 14.2 Å². The predicted octanol–water partition coefficient (Wildman–Crippen LogP) is 4.15. The maximum absolute atomic E-state index is 12.9. The SMILES string of the molecule is CCCOC(=O)Cn1cnc2sc(C)c(-c3ccc(Br)cc3)c2c1=O. The van der Waals surface area contributed by atoms with Crippen molar-refractivity contribution < 1.29 is 9.53 Å². The van der Waals surface area contributed by atoms with E-state index in [2.05, 4.69) is 20.9 Å². The molecule has 0 unspecified atom stereocenters. The van der Waals surface area contributed by atoms with Gasteiger partial charge in [0.2, 0.25) is 0 Å². The van der Waals surface area contributed by atoms with Crippen molar-refractivity contribution in [3.8, 4) is 11.1 Å². The average Bonchev–Trinajstić information content (AvgIpc) is 2.93. The number of ether oxygens (including phenoxy) is 1. The van der Waals surface area contributed by atoms with Gasteiger partial charge in [-0.1, -0.05) is 35.0 Å². The number of hydrogen-bond donors (Lipinski definition) is 0. The average molecular weight is 421 g/mol. The molecule has 0 aliphatic rings. The highest BCUT2D eigenvalue weighted by molar-refractivity contribution is 9.10. The fourth-order valence-corrected chi connectivity index (χ4v) is 3.88. The fraction of sp³-hybridized carbons (Fsp3) is 0.278. The summed E-state index contributed by atoms with van der Waals surface area (Å²) in [6.07, 6.45) is 2.16. The highest BCUT2D eigenvalue weighted by Crippen LogP contribution is 2.35. The number of fused-ring (bicyclic) bond motifs is 1. The molecule has 0 amide bonds. The molecule has 3 rings (SSSR count). The minimum atomic E-state index is -0.428. The smallest absolute Gasteiger partial charge is 0.326 e. The van der Waals surface area contributed by atoms with Crippen LogP contribution in [0.25, 0.3) is 21.3 Å². The molecule has 0 N–H and O–H groups in total. The number of halogens is 1. The van der Waals surface area contributed by atoms with Gasteiger partial charge in [0.1, 0.15) is 11.4 Å². The molecule has 7 heteroatoms. The van der Waals surface area contributed by atoms with Gasteiger partial charge in [-0.25, -0.2) is 4.98 Å². The Kier molecular flexibility index (Phi) is 5.34. The zero-order valence-electron chi connectivity index (χ0n) is 13.9. The van der Waals surface area contributed by atoms with E-state index in [1.54, 1.807) is 0 Å². The zero-order valence-corrected chi connectivity index (χ0v) is 16.3. The Balaban J connectivity index is 2.08. The number of hydrogen-bond acceptors (Lipinski definition) is 5. The summed E-state index contributed by atoms with van der Waals surface area (Å²) in [4.78, 5) is 30.8. The first-order valence-corrected chi connectivity index (χ1v) is 9.52. The van der Waals surface area contributed by atoms with Crippen LogP contribution >= 0.6 is 27.3 Å². The van der Waals surface area contributed by atoms with E-state index in [4.69, 9.17) is 4.74 Å². The lowest BCUT2D eigenvalue weighted by Crippen LogP contribution is -2.25. The Morgan fingerprint density at radius 1 is 1.32 bits per heavy atom. The van der Waals surface area contributed by atoms with Gasteiger partial charge in [-0.15, -0.1) is 11.3 Å². The molecule has 0 bridgehead atoms. The third-order valence-corrected chi connectivity index (χ3v) is 5.30. The largest absolute Gasteiger partial charge is 0.464 e. The predicted molar refractivity (Wildman–Crippen MR) is 103 cm³/mol. The standard InChI is InChI=1S/C18H17BrN2O3S/c1-3-8-24-14(22)9-21-10-20-17-16(18(21)23)15(11(2)25-17)12-4-6-13(19)7-5-12/h4-7,10H,3,8-9H2,1-2H3. The number of rotatable bonds is 5. The summed E-state index contributed by atoms with van der Waals surface area (Å²) in [5.41, 5.74) is 1.61. The van der Waals surface area contributed by atoms with Crippen LogP contribution in [0.3, 0.4) is 0 Å². The first-order chi connectivity index (χ1) is 12.0. The summed E-state index contributed by atoms with van der Waals surface area (Å²) in [5, 5.41) is 0.551. The Morgan fingerprint density at radius 2 is 2.04 bits per heavy atom. The van der Waals surface area contributed by atoms with Gasteiger partial charge in [0.15, 0.2) is 0 Å². The van der Waals surface area contributed by atoms with Crippen LogP contribution in [0.4, 0.5) is 0 Å². The third-order valence-electron chi connectivity index (χ3n) is 3.75. The first-order valence-electron chi connectivity index (χ1n) is 7.91. The van der Waals surface area contributed by atoms with E-state index in [1.807, 2.05) is 38.1 Å². The highest BCUT2D eigenvalue weighted by atomic mass is 79.9. The molecule has 0 aliphatic heterocycles. The molecule has 0 saturated carbocycles. The van der Waals surface area contributed by atoms with Gasteiger partial charge in [0.05, 0.1) is 18.3 Å². The Hall–Kier alpha value is -1.99. The highest BCUT2D eigenvalue weighted by Gasteiger charge is 2.18. The van der Waals surface area contributed by atoms with E-state index in [1.165, 1.54) is 22.2 Å². The van der Waals surface area contributed by atoms with E-state index in [-0.39, 0.29) is 12.1 Å². The van der Waals surface area contributed by atoms with Crippen molar-refractivity contribution in [3.05, 3.63) is 50.3 Å². The second kappa shape index (κ2) is 7.49. The number of aromatic nitrogens is 2. The summed E-state index contributed by atoms with van der Waals surface area (Å²) in [6.45, 7) is 4.12. The van der Waals surface area contributed by atoms with Crippen LogP contribution in [0, 0.1) is 6.92 Å². The molecule has 2 aromatic heterocycles. The van der Waals surface area contributed by atoms with Gasteiger partial charge >= 0.3 is 5.97 Å². The van der Waals surface area contributed by atoms with Crippen LogP contribution in [0.5, 0.6) is 0 Å². The molecule has 130 valence electrons. The lowest BCUT2D eigenvalue weighted by atomic mass is 10.0. The monoisotopic (exact) mass is 420 g/mol. The minimum Gasteiger partial charge on any atom is -0.464 e. The molecule has 0 fully saturated rings. The maximum atomic E-state index is 12.9. The van der Waals surface area contributed by atoms with E-state index in [9.17, 15) is 9.59 Å². The van der Waals surface area contributed by atoms with Crippen LogP contribution < -0.4 is 5.56 Å². The topological polar surface area (TPSA) is 61.2 Å². The van der Waals surface area contributed by atoms with Crippen molar-refractivity contribution in [1.29, 1.82) is 0 Å². The number of carbonyl (C=O) groups is 1. The second-order valence-electron chi connectivity index (χ2n) is 5.62. The quantitative estimate of drug-likeness (QED) is 0.581. The van der Waals surface area contributed by atoms with Crippen LogP contribution in [-0.2, 0) is 16.1 Å². The summed E-state index contributed by atoms with van der Waals surface area (Å²) >= 11 is 4.90. The molecule has 0 radical (unpaired) electrons. The first kappa shape index (κ1) is 17.8. The molecule has 25 heavy (non-hydrogen) atoms. The van der Waals surface area contributed by atoms with E-state index in [0.29, 0.717) is 16.8 Å². The Labute approximate surface area is 157 Å². The number of nitrogens with zero attached hydrogens (tertiary/aromatic N) is 2. The normalized spacial score (nSPS) is 11.0. The lowest BCUT2D eigenvalue weighted by Gasteiger charge is -2.07. The van der Waals surface area contributed by atoms with Gasteiger partial charge in [0.25, 0.3) is 5.56 Å². The molecule has 1 aromatic carbocycles. The summed E-state index contributed by atoms with van der Waals surface area (Å²) in [7, 11) is 0. The molecule has 0 atom stereocenters. The minimum absolute atomic E-state index is 0.129. The fourth-order valence-electron chi connectivity index (χ4n) is 2.61. The number of thiophene rings is 1. The molecule has 5 nitrogen and oxygen atoms in total. The van der Waals surface area contributed by atoms with Gasteiger partial charge in [-0.2, -0.15) is 0 Å². The molecule has 2 heterocycles. The number of esters is 1. The van der Waals surface area contributed by atoms with Crippen molar-refractivity contribution in [1.82, 2.24) is 9.55 Å². The van der Waals surface area contributed by atoms with Gasteiger partial charge in [-0.05, 0) is 31.0 Å². The second-order valence-corrected chi connectivity index (χ2v) is 7.74. The van der Waals surface area contributed by atoms with Gasteiger partial charge in [0, 0.05) is 14.9 Å². The molecular weight excluding hydrogens is 404 g/mol. The summed E-state index contributed by atoms with van der Waals surface area (Å²) in [5.74, 6) is -0.428. The van der Waals surface area contributed by atoms with Crippen molar-refractivity contribution in [3.63, 3.8) is 0 Å². The Morgan fingerprint density at radius 3 is 2.72 bits per heavy atom. The molecule has 0 saturated heterocycles. The maximum Gasteiger partial charge on any atom is 0.326 e. The van der Waals surface area contributed by atoms with Crippen LogP contribution in [0.2, 0.25) is 0 Å². The van der Waals surface area contributed by atoms with Crippen LogP contribution in [-0.4, -0.2) is 22.1 Å². The lowest BCUT2D eigenvalue weighted by molar-refractivity contribution is -0.144. The van der Waals surface area contributed by atoms with Crippen molar-refractivity contribution >= 4 is 43.5 Å². The van der Waals surface area contributed by atoms with Crippen LogP contribution in [0.15, 0.2) is 39.9 Å². The van der Waals surface area contributed by atoms with E-state index in [0.717, 1.165) is 26.9 Å². The van der Waals surface area contributed by atoms with Crippen molar-refractivity contribution in [2.75, 3.05) is 6.61 Å². The summed E-state index contributed by atoms with van der Waals surface area (Å²) < 4.78 is 7.36. The number of aryl methyl sites for hydroxylation is 1. The molecule has 0 aliphatic carbocycles. The van der Waals surface area contributed by atoms with Crippen LogP contribution in [0.1, 0.15) is 18.2 Å². The molecule has 0 spiro atoms.